The standard InChI is InChI=1S/C15H30N6O6.C6H6O2/c1-22-7-19(8-23-2)13-16-14(20(9-24-3)10-25-4)18-15(17-13)21(11-26-5)12-27-6;7-5-2-1-3-6(8)4-5/h7-12H2,1-6H3;1-4,7-8H. The topological polar surface area (TPSA) is 144 Å². The lowest BCUT2D eigenvalue weighted by Crippen LogP contribution is -2.36. The van der Waals surface area contributed by atoms with Gasteiger partial charge in [-0.3, -0.25) is 14.7 Å². The van der Waals surface area contributed by atoms with E-state index in [2.05, 4.69) is 15.0 Å². The first kappa shape index (κ1) is 30.0. The van der Waals surface area contributed by atoms with E-state index in [4.69, 9.17) is 38.6 Å². The highest BCUT2D eigenvalue weighted by Gasteiger charge is 2.20. The van der Waals surface area contributed by atoms with Crippen molar-refractivity contribution in [2.75, 3.05) is 97.7 Å². The molecule has 0 spiro atoms. The Balaban J connectivity index is 0.000000642. The molecule has 1 aromatic carbocycles. The first-order valence-corrected chi connectivity index (χ1v) is 10.4. The number of methoxy groups -OCH3 is 6. The number of ether oxygens (including phenoxy) is 6. The monoisotopic (exact) mass is 500 g/mol. The average molecular weight is 501 g/mol. The summed E-state index contributed by atoms with van der Waals surface area (Å²) in [4.78, 5) is 18.7. The maximum Gasteiger partial charge on any atom is 0.235 e. The smallest absolute Gasteiger partial charge is 0.235 e. The third-order valence-corrected chi connectivity index (χ3v) is 3.99. The summed E-state index contributed by atoms with van der Waals surface area (Å²) in [5.74, 6) is 1.28. The summed E-state index contributed by atoms with van der Waals surface area (Å²) in [6.07, 6.45) is 0. The van der Waals surface area contributed by atoms with Crippen molar-refractivity contribution in [2.24, 2.45) is 0 Å². The second kappa shape index (κ2) is 17.4. The fourth-order valence-electron chi connectivity index (χ4n) is 2.65. The van der Waals surface area contributed by atoms with Crippen molar-refractivity contribution in [3.05, 3.63) is 24.3 Å². The molecular formula is C21H36N6O8. The molecule has 0 aliphatic rings. The van der Waals surface area contributed by atoms with Gasteiger partial charge in [0, 0.05) is 48.7 Å². The molecule has 14 heteroatoms. The van der Waals surface area contributed by atoms with Gasteiger partial charge in [0.2, 0.25) is 17.8 Å². The zero-order valence-corrected chi connectivity index (χ0v) is 21.1. The Bertz CT molecular complexity index is 715. The van der Waals surface area contributed by atoms with Gasteiger partial charge in [0.15, 0.2) is 0 Å². The van der Waals surface area contributed by atoms with Crippen LogP contribution in [0.3, 0.4) is 0 Å². The van der Waals surface area contributed by atoms with Gasteiger partial charge >= 0.3 is 0 Å². The van der Waals surface area contributed by atoms with Gasteiger partial charge in [-0.25, -0.2) is 0 Å². The van der Waals surface area contributed by atoms with E-state index in [1.165, 1.54) is 18.2 Å². The van der Waals surface area contributed by atoms with Crippen LogP contribution in [0.4, 0.5) is 17.8 Å². The fourth-order valence-corrected chi connectivity index (χ4v) is 2.65. The van der Waals surface area contributed by atoms with E-state index in [0.717, 1.165) is 0 Å². The van der Waals surface area contributed by atoms with Gasteiger partial charge < -0.3 is 38.6 Å². The van der Waals surface area contributed by atoms with Crippen LogP contribution in [-0.2, 0) is 28.4 Å². The third-order valence-electron chi connectivity index (χ3n) is 3.99. The molecule has 0 bridgehead atoms. The number of aromatic nitrogens is 3. The molecule has 0 saturated carbocycles. The molecule has 0 unspecified atom stereocenters. The largest absolute Gasteiger partial charge is 0.508 e. The van der Waals surface area contributed by atoms with Crippen molar-refractivity contribution in [3.63, 3.8) is 0 Å². The zero-order chi connectivity index (χ0) is 26.1. The first-order chi connectivity index (χ1) is 16.9. The summed E-state index contributed by atoms with van der Waals surface area (Å²) in [5.41, 5.74) is 0. The van der Waals surface area contributed by atoms with E-state index in [1.807, 2.05) is 0 Å². The molecule has 2 N–H and O–H groups in total. The first-order valence-electron chi connectivity index (χ1n) is 10.4. The molecule has 1 heterocycles. The summed E-state index contributed by atoms with van der Waals surface area (Å²) in [6.45, 7) is 1.42. The average Bonchev–Trinajstić information content (AvgIpc) is 2.83. The number of rotatable bonds is 15. The minimum Gasteiger partial charge on any atom is -0.508 e. The molecular weight excluding hydrogens is 464 g/mol. The highest BCUT2D eigenvalue weighted by atomic mass is 16.5. The van der Waals surface area contributed by atoms with Crippen molar-refractivity contribution >= 4 is 17.8 Å². The second-order valence-corrected chi connectivity index (χ2v) is 6.88. The van der Waals surface area contributed by atoms with Crippen LogP contribution >= 0.6 is 0 Å². The highest BCUT2D eigenvalue weighted by molar-refractivity contribution is 5.45. The van der Waals surface area contributed by atoms with E-state index in [9.17, 15) is 0 Å². The predicted molar refractivity (Wildman–Crippen MR) is 128 cm³/mol. The van der Waals surface area contributed by atoms with Crippen molar-refractivity contribution in [3.8, 4) is 11.5 Å². The molecule has 2 rings (SSSR count). The number of phenols is 2. The lowest BCUT2D eigenvalue weighted by atomic mass is 10.3. The number of anilines is 3. The predicted octanol–water partition coefficient (Wildman–Crippen LogP) is 1.01. The van der Waals surface area contributed by atoms with Crippen LogP contribution in [0.1, 0.15) is 0 Å². The number of hydrogen-bond acceptors (Lipinski definition) is 14. The number of phenolic OH excluding ortho intramolecular Hbond substituents is 2. The molecule has 0 amide bonds. The molecule has 0 aliphatic carbocycles. The van der Waals surface area contributed by atoms with Crippen molar-refractivity contribution in [1.29, 1.82) is 0 Å². The maximum atomic E-state index is 8.65. The van der Waals surface area contributed by atoms with Gasteiger partial charge in [-0.1, -0.05) is 6.07 Å². The van der Waals surface area contributed by atoms with Gasteiger partial charge in [-0.15, -0.1) is 0 Å². The number of aromatic hydroxyl groups is 2. The van der Waals surface area contributed by atoms with Crippen LogP contribution in [0, 0.1) is 0 Å². The Hall–Kier alpha value is -3.01. The van der Waals surface area contributed by atoms with Crippen molar-refractivity contribution in [2.45, 2.75) is 0 Å². The quantitative estimate of drug-likeness (QED) is 0.336. The SMILES string of the molecule is COCN(COC)c1nc(N(COC)COC)nc(N(COC)COC)n1.Oc1cccc(O)c1. The van der Waals surface area contributed by atoms with Gasteiger partial charge in [-0.2, -0.15) is 15.0 Å². The van der Waals surface area contributed by atoms with Gasteiger partial charge in [0.05, 0.1) is 0 Å². The lowest BCUT2D eigenvalue weighted by Gasteiger charge is -2.27. The lowest BCUT2D eigenvalue weighted by molar-refractivity contribution is 0.134. The number of nitrogens with zero attached hydrogens (tertiary/aromatic N) is 6. The normalized spacial score (nSPS) is 10.5. The summed E-state index contributed by atoms with van der Waals surface area (Å²) in [6, 6.07) is 5.85. The molecule has 0 aliphatic heterocycles. The molecule has 0 saturated heterocycles. The summed E-state index contributed by atoms with van der Waals surface area (Å²) in [7, 11) is 9.48. The van der Waals surface area contributed by atoms with Crippen LogP contribution in [-0.4, -0.2) is 108 Å². The number of hydrogen-bond donors (Lipinski definition) is 2. The summed E-state index contributed by atoms with van der Waals surface area (Å²) < 4.78 is 31.3. The molecule has 35 heavy (non-hydrogen) atoms. The van der Waals surface area contributed by atoms with E-state index in [0.29, 0.717) is 17.8 Å². The number of benzene rings is 1. The minimum atomic E-state index is 0.0880. The molecule has 0 radical (unpaired) electrons. The van der Waals surface area contributed by atoms with E-state index >= 15 is 0 Å². The summed E-state index contributed by atoms with van der Waals surface area (Å²) in [5, 5.41) is 17.3. The van der Waals surface area contributed by atoms with E-state index in [1.54, 1.807) is 63.4 Å². The zero-order valence-electron chi connectivity index (χ0n) is 21.1. The molecule has 0 fully saturated rings. The fraction of sp³-hybridized carbons (Fsp3) is 0.571. The Morgan fingerprint density at radius 2 is 0.800 bits per heavy atom. The molecule has 14 nitrogen and oxygen atoms in total. The molecule has 1 aromatic heterocycles. The third kappa shape index (κ3) is 10.9. The summed E-state index contributed by atoms with van der Waals surface area (Å²) >= 11 is 0. The Labute approximate surface area is 205 Å². The van der Waals surface area contributed by atoms with Gasteiger partial charge in [0.25, 0.3) is 0 Å². The van der Waals surface area contributed by atoms with E-state index in [-0.39, 0.29) is 51.9 Å². The van der Waals surface area contributed by atoms with E-state index < -0.39 is 0 Å². The van der Waals surface area contributed by atoms with Gasteiger partial charge in [-0.05, 0) is 12.1 Å². The van der Waals surface area contributed by atoms with Crippen LogP contribution in [0.15, 0.2) is 24.3 Å². The van der Waals surface area contributed by atoms with Gasteiger partial charge in [0.1, 0.15) is 51.9 Å². The molecule has 0 atom stereocenters. The molecule has 198 valence electrons. The Kier molecular flexibility index (Phi) is 14.9. The van der Waals surface area contributed by atoms with Crippen molar-refractivity contribution in [1.82, 2.24) is 15.0 Å². The Morgan fingerprint density at radius 3 is 0.971 bits per heavy atom. The molecule has 2 aromatic rings. The van der Waals surface area contributed by atoms with Crippen molar-refractivity contribution < 1.29 is 38.6 Å². The highest BCUT2D eigenvalue weighted by Crippen LogP contribution is 2.20. The minimum absolute atomic E-state index is 0.0880. The van der Waals surface area contributed by atoms with Crippen LogP contribution in [0.25, 0.3) is 0 Å². The second-order valence-electron chi connectivity index (χ2n) is 6.88. The maximum absolute atomic E-state index is 8.65. The van der Waals surface area contributed by atoms with Crippen LogP contribution in [0.5, 0.6) is 11.5 Å². The van der Waals surface area contributed by atoms with Crippen LogP contribution < -0.4 is 14.7 Å². The Morgan fingerprint density at radius 1 is 0.543 bits per heavy atom. The van der Waals surface area contributed by atoms with Crippen LogP contribution in [0.2, 0.25) is 0 Å².